The fourth-order valence-electron chi connectivity index (χ4n) is 4.29. The van der Waals surface area contributed by atoms with Crippen molar-refractivity contribution in [2.24, 2.45) is 5.92 Å². The van der Waals surface area contributed by atoms with Crippen LogP contribution < -0.4 is 5.32 Å². The van der Waals surface area contributed by atoms with Crippen LogP contribution in [0.2, 0.25) is 0 Å². The van der Waals surface area contributed by atoms with Crippen molar-refractivity contribution in [1.29, 1.82) is 0 Å². The van der Waals surface area contributed by atoms with Crippen LogP contribution in [0.3, 0.4) is 0 Å². The van der Waals surface area contributed by atoms with E-state index in [2.05, 4.69) is 17.1 Å². The van der Waals surface area contributed by atoms with Gasteiger partial charge in [0.05, 0.1) is 18.3 Å². The lowest BCUT2D eigenvalue weighted by Crippen LogP contribution is -2.54. The van der Waals surface area contributed by atoms with Crippen LogP contribution in [0.4, 0.5) is 0 Å². The first-order valence-electron chi connectivity index (χ1n) is 8.85. The van der Waals surface area contributed by atoms with E-state index in [9.17, 15) is 4.79 Å². The van der Waals surface area contributed by atoms with E-state index in [4.69, 9.17) is 4.74 Å². The fourth-order valence-corrected chi connectivity index (χ4v) is 4.29. The molecule has 4 heteroatoms. The predicted octanol–water partition coefficient (Wildman–Crippen LogP) is 2.67. The van der Waals surface area contributed by atoms with Crippen LogP contribution in [0.25, 0.3) is 0 Å². The molecule has 1 saturated heterocycles. The van der Waals surface area contributed by atoms with E-state index in [0.717, 1.165) is 32.1 Å². The maximum absolute atomic E-state index is 12.8. The van der Waals surface area contributed by atoms with E-state index < -0.39 is 0 Å². The Morgan fingerprint density at radius 2 is 2.00 bits per heavy atom. The molecule has 0 spiro atoms. The van der Waals surface area contributed by atoms with Gasteiger partial charge in [0.25, 0.3) is 0 Å². The number of nitrogens with one attached hydrogen (secondary N) is 1. The van der Waals surface area contributed by atoms with Crippen LogP contribution in [-0.2, 0) is 9.53 Å². The number of rotatable bonds is 6. The van der Waals surface area contributed by atoms with Gasteiger partial charge in [0.15, 0.2) is 0 Å². The molecule has 1 N–H and O–H groups in total. The molecule has 1 amide bonds. The molecular weight excluding hydrogens is 264 g/mol. The van der Waals surface area contributed by atoms with Gasteiger partial charge < -0.3 is 9.64 Å². The summed E-state index contributed by atoms with van der Waals surface area (Å²) in [6.45, 7) is 2.20. The van der Waals surface area contributed by atoms with Gasteiger partial charge in [0.2, 0.25) is 5.91 Å². The molecule has 0 bridgehead atoms. The molecule has 21 heavy (non-hydrogen) atoms. The highest BCUT2D eigenvalue weighted by Gasteiger charge is 2.48. The second-order valence-corrected chi connectivity index (χ2v) is 7.08. The third kappa shape index (κ3) is 2.98. The summed E-state index contributed by atoms with van der Waals surface area (Å²) in [5.74, 6) is 1.03. The highest BCUT2D eigenvalue weighted by molar-refractivity contribution is 5.84. The second kappa shape index (κ2) is 6.66. The summed E-state index contributed by atoms with van der Waals surface area (Å²) in [4.78, 5) is 15.0. The molecule has 2 unspecified atom stereocenters. The number of unbranched alkanes of at least 4 members (excludes halogenated alkanes) is 1. The molecule has 2 atom stereocenters. The quantitative estimate of drug-likeness (QED) is 0.819. The van der Waals surface area contributed by atoms with Crippen LogP contribution in [0.15, 0.2) is 0 Å². The number of ether oxygens (including phenoxy) is 1. The molecule has 3 rings (SSSR count). The highest BCUT2D eigenvalue weighted by Crippen LogP contribution is 2.38. The summed E-state index contributed by atoms with van der Waals surface area (Å²) in [5, 5.41) is 3.69. The summed E-state index contributed by atoms with van der Waals surface area (Å²) in [6.07, 6.45) is 11.2. The maximum Gasteiger partial charge on any atom is 0.241 e. The Balaban J connectivity index is 1.68. The molecule has 4 nitrogen and oxygen atoms in total. The SMILES string of the molecule is CCCCC1NC(C2CCCC2)N(C2CC(OC)C2)C1=O. The highest BCUT2D eigenvalue weighted by atomic mass is 16.5. The van der Waals surface area contributed by atoms with E-state index in [0.29, 0.717) is 30.1 Å². The van der Waals surface area contributed by atoms with Crippen molar-refractivity contribution in [2.75, 3.05) is 7.11 Å². The van der Waals surface area contributed by atoms with Gasteiger partial charge in [-0.25, -0.2) is 0 Å². The van der Waals surface area contributed by atoms with Gasteiger partial charge in [-0.2, -0.15) is 0 Å². The van der Waals surface area contributed by atoms with Crippen molar-refractivity contribution in [2.45, 2.75) is 89.1 Å². The topological polar surface area (TPSA) is 41.6 Å². The molecule has 2 saturated carbocycles. The summed E-state index contributed by atoms with van der Waals surface area (Å²) in [6, 6.07) is 0.476. The van der Waals surface area contributed by atoms with Crippen molar-refractivity contribution < 1.29 is 9.53 Å². The van der Waals surface area contributed by atoms with Crippen molar-refractivity contribution in [3.8, 4) is 0 Å². The summed E-state index contributed by atoms with van der Waals surface area (Å²) in [7, 11) is 1.78. The zero-order chi connectivity index (χ0) is 14.8. The minimum atomic E-state index is 0.0668. The monoisotopic (exact) mass is 294 g/mol. The van der Waals surface area contributed by atoms with Crippen molar-refractivity contribution >= 4 is 5.91 Å². The minimum absolute atomic E-state index is 0.0668. The van der Waals surface area contributed by atoms with Crippen LogP contribution in [0.1, 0.15) is 64.7 Å². The number of amides is 1. The molecule has 2 aliphatic carbocycles. The molecule has 120 valence electrons. The number of hydrogen-bond acceptors (Lipinski definition) is 3. The molecule has 3 fully saturated rings. The molecular formula is C17H30N2O2. The molecule has 0 aromatic carbocycles. The van der Waals surface area contributed by atoms with Gasteiger partial charge in [-0.1, -0.05) is 32.6 Å². The van der Waals surface area contributed by atoms with Crippen LogP contribution in [-0.4, -0.2) is 42.3 Å². The standard InChI is InChI=1S/C17H30N2O2/c1-3-4-9-15-17(20)19(13-10-14(11-13)21-2)16(18-15)12-7-5-6-8-12/h12-16,18H,3-11H2,1-2H3. The second-order valence-electron chi connectivity index (χ2n) is 7.08. The molecule has 0 aromatic rings. The average Bonchev–Trinajstić information content (AvgIpc) is 3.05. The first-order valence-corrected chi connectivity index (χ1v) is 8.85. The van der Waals surface area contributed by atoms with E-state index in [1.165, 1.54) is 25.7 Å². The zero-order valence-electron chi connectivity index (χ0n) is 13.5. The molecule has 3 aliphatic rings. The Labute approximate surface area is 128 Å². The van der Waals surface area contributed by atoms with Gasteiger partial charge >= 0.3 is 0 Å². The Morgan fingerprint density at radius 1 is 1.29 bits per heavy atom. The zero-order valence-corrected chi connectivity index (χ0v) is 13.5. The average molecular weight is 294 g/mol. The lowest BCUT2D eigenvalue weighted by atomic mass is 9.86. The lowest BCUT2D eigenvalue weighted by molar-refractivity contribution is -0.138. The van der Waals surface area contributed by atoms with Gasteiger partial charge in [-0.15, -0.1) is 0 Å². The van der Waals surface area contributed by atoms with Gasteiger partial charge in [-0.05, 0) is 38.0 Å². The van der Waals surface area contributed by atoms with Gasteiger partial charge in [-0.3, -0.25) is 10.1 Å². The van der Waals surface area contributed by atoms with Crippen LogP contribution >= 0.6 is 0 Å². The van der Waals surface area contributed by atoms with Crippen LogP contribution in [0, 0.1) is 5.92 Å². The predicted molar refractivity (Wildman–Crippen MR) is 82.9 cm³/mol. The number of carbonyl (C=O) groups excluding carboxylic acids is 1. The summed E-state index contributed by atoms with van der Waals surface area (Å²) < 4.78 is 5.41. The largest absolute Gasteiger partial charge is 0.381 e. The Kier molecular flexibility index (Phi) is 4.85. The summed E-state index contributed by atoms with van der Waals surface area (Å²) in [5.41, 5.74) is 0. The third-order valence-corrected chi connectivity index (χ3v) is 5.71. The number of hydrogen-bond donors (Lipinski definition) is 1. The minimum Gasteiger partial charge on any atom is -0.381 e. The van der Waals surface area contributed by atoms with Crippen molar-refractivity contribution in [3.63, 3.8) is 0 Å². The van der Waals surface area contributed by atoms with E-state index in [1.54, 1.807) is 7.11 Å². The van der Waals surface area contributed by atoms with Crippen LogP contribution in [0.5, 0.6) is 0 Å². The smallest absolute Gasteiger partial charge is 0.241 e. The Morgan fingerprint density at radius 3 is 2.62 bits per heavy atom. The van der Waals surface area contributed by atoms with Crippen molar-refractivity contribution in [3.05, 3.63) is 0 Å². The van der Waals surface area contributed by atoms with Gasteiger partial charge in [0.1, 0.15) is 0 Å². The van der Waals surface area contributed by atoms with Gasteiger partial charge in [0, 0.05) is 13.2 Å². The number of methoxy groups -OCH3 is 1. The molecule has 1 aliphatic heterocycles. The Bertz CT molecular complexity index is 362. The van der Waals surface area contributed by atoms with E-state index in [1.807, 2.05) is 0 Å². The maximum atomic E-state index is 12.8. The fraction of sp³-hybridized carbons (Fsp3) is 0.941. The molecule has 0 radical (unpaired) electrons. The number of nitrogens with zero attached hydrogens (tertiary/aromatic N) is 1. The van der Waals surface area contributed by atoms with E-state index >= 15 is 0 Å². The third-order valence-electron chi connectivity index (χ3n) is 5.71. The molecule has 0 aromatic heterocycles. The van der Waals surface area contributed by atoms with Crippen molar-refractivity contribution in [1.82, 2.24) is 10.2 Å². The first kappa shape index (κ1) is 15.3. The first-order chi connectivity index (χ1) is 10.2. The summed E-state index contributed by atoms with van der Waals surface area (Å²) >= 11 is 0. The Hall–Kier alpha value is -0.610. The molecule has 1 heterocycles. The van der Waals surface area contributed by atoms with E-state index in [-0.39, 0.29) is 6.04 Å². The lowest BCUT2D eigenvalue weighted by Gasteiger charge is -2.44. The normalized spacial score (nSPS) is 37.2. The number of carbonyl (C=O) groups is 1.